The predicted molar refractivity (Wildman–Crippen MR) is 130 cm³/mol. The molecule has 0 bridgehead atoms. The number of carbonyl (C=O) groups is 2. The first kappa shape index (κ1) is 23.4. The second kappa shape index (κ2) is 10.1. The highest BCUT2D eigenvalue weighted by molar-refractivity contribution is 5.90. The Morgan fingerprint density at radius 3 is 2.69 bits per heavy atom. The van der Waals surface area contributed by atoms with Crippen molar-refractivity contribution >= 4 is 22.8 Å². The van der Waals surface area contributed by atoms with Crippen LogP contribution in [0.5, 0.6) is 11.5 Å². The Morgan fingerprint density at radius 2 is 1.97 bits per heavy atom. The van der Waals surface area contributed by atoms with E-state index >= 15 is 0 Å². The number of methoxy groups -OCH3 is 2. The summed E-state index contributed by atoms with van der Waals surface area (Å²) in [6.07, 6.45) is 3.17. The third kappa shape index (κ3) is 4.74. The van der Waals surface area contributed by atoms with E-state index in [2.05, 4.69) is 15.6 Å². The largest absolute Gasteiger partial charge is 0.497 e. The van der Waals surface area contributed by atoms with Gasteiger partial charge in [0.05, 0.1) is 32.5 Å². The summed E-state index contributed by atoms with van der Waals surface area (Å²) in [6, 6.07) is 15.2. The predicted octanol–water partition coefficient (Wildman–Crippen LogP) is 3.09. The first-order valence-corrected chi connectivity index (χ1v) is 11.7. The number of para-hydroxylation sites is 1. The van der Waals surface area contributed by atoms with E-state index in [1.54, 1.807) is 53.3 Å². The quantitative estimate of drug-likeness (QED) is 0.364. The lowest BCUT2D eigenvalue weighted by atomic mass is 10.0. The van der Waals surface area contributed by atoms with E-state index in [9.17, 15) is 9.59 Å². The van der Waals surface area contributed by atoms with Gasteiger partial charge in [-0.1, -0.05) is 17.3 Å². The number of ether oxygens (including phenoxy) is 2. The molecule has 1 N–H and O–H groups in total. The lowest BCUT2D eigenvalue weighted by Crippen LogP contribution is -2.46. The van der Waals surface area contributed by atoms with Gasteiger partial charge >= 0.3 is 0 Å². The Labute approximate surface area is 207 Å². The molecule has 186 valence electrons. The SMILES string of the molecule is COc1ccc([C@H](C(=O)NCc2ccco2)N(C(=O)Cn2nnc3ccccc32)C2CC2)c(OC)c1. The summed E-state index contributed by atoms with van der Waals surface area (Å²) in [5.74, 6) is 1.09. The van der Waals surface area contributed by atoms with Gasteiger partial charge in [-0.2, -0.15) is 0 Å². The van der Waals surface area contributed by atoms with Crippen LogP contribution in [-0.2, 0) is 22.7 Å². The summed E-state index contributed by atoms with van der Waals surface area (Å²) in [4.78, 5) is 29.1. The molecule has 2 amide bonds. The van der Waals surface area contributed by atoms with Crippen molar-refractivity contribution in [2.45, 2.75) is 38.0 Å². The number of aromatic nitrogens is 3. The lowest BCUT2D eigenvalue weighted by Gasteiger charge is -2.32. The molecule has 0 spiro atoms. The first-order valence-electron chi connectivity index (χ1n) is 11.7. The minimum Gasteiger partial charge on any atom is -0.497 e. The maximum absolute atomic E-state index is 13.8. The zero-order valence-electron chi connectivity index (χ0n) is 20.1. The summed E-state index contributed by atoms with van der Waals surface area (Å²) in [6.45, 7) is 0.151. The van der Waals surface area contributed by atoms with Crippen molar-refractivity contribution in [3.63, 3.8) is 0 Å². The van der Waals surface area contributed by atoms with Crippen LogP contribution in [0, 0.1) is 0 Å². The monoisotopic (exact) mass is 489 g/mol. The van der Waals surface area contributed by atoms with Gasteiger partial charge in [0.15, 0.2) is 0 Å². The topological polar surface area (TPSA) is 112 Å². The van der Waals surface area contributed by atoms with Gasteiger partial charge in [-0.3, -0.25) is 9.59 Å². The second-order valence-corrected chi connectivity index (χ2v) is 8.58. The van der Waals surface area contributed by atoms with Crippen molar-refractivity contribution in [2.75, 3.05) is 14.2 Å². The van der Waals surface area contributed by atoms with Gasteiger partial charge < -0.3 is 24.1 Å². The van der Waals surface area contributed by atoms with Crippen LogP contribution in [0.25, 0.3) is 11.0 Å². The molecule has 36 heavy (non-hydrogen) atoms. The highest BCUT2D eigenvalue weighted by Crippen LogP contribution is 2.39. The Balaban J connectivity index is 1.50. The molecule has 0 radical (unpaired) electrons. The number of amides is 2. The zero-order valence-corrected chi connectivity index (χ0v) is 20.1. The van der Waals surface area contributed by atoms with E-state index in [-0.39, 0.29) is 30.9 Å². The molecule has 2 aromatic heterocycles. The van der Waals surface area contributed by atoms with Crippen molar-refractivity contribution in [2.24, 2.45) is 0 Å². The Morgan fingerprint density at radius 1 is 1.14 bits per heavy atom. The van der Waals surface area contributed by atoms with Gasteiger partial charge in [0.25, 0.3) is 0 Å². The van der Waals surface area contributed by atoms with E-state index in [1.165, 1.54) is 7.11 Å². The van der Waals surface area contributed by atoms with E-state index in [0.29, 0.717) is 28.3 Å². The molecule has 1 saturated carbocycles. The zero-order chi connectivity index (χ0) is 25.1. The van der Waals surface area contributed by atoms with Gasteiger partial charge in [0, 0.05) is 17.7 Å². The third-order valence-corrected chi connectivity index (χ3v) is 6.21. The number of benzene rings is 2. The normalized spacial score (nSPS) is 13.8. The highest BCUT2D eigenvalue weighted by atomic mass is 16.5. The van der Waals surface area contributed by atoms with Crippen LogP contribution < -0.4 is 14.8 Å². The highest BCUT2D eigenvalue weighted by Gasteiger charge is 2.42. The van der Waals surface area contributed by atoms with Crippen molar-refractivity contribution in [1.82, 2.24) is 25.2 Å². The second-order valence-electron chi connectivity index (χ2n) is 8.58. The lowest BCUT2D eigenvalue weighted by molar-refractivity contribution is -0.142. The maximum atomic E-state index is 13.8. The minimum absolute atomic E-state index is 0.0442. The fraction of sp³-hybridized carbons (Fsp3) is 0.308. The first-order chi connectivity index (χ1) is 17.6. The molecule has 1 fully saturated rings. The molecule has 5 rings (SSSR count). The van der Waals surface area contributed by atoms with Crippen LogP contribution in [0.15, 0.2) is 65.3 Å². The number of furan rings is 1. The van der Waals surface area contributed by atoms with Gasteiger partial charge in [0.2, 0.25) is 11.8 Å². The molecule has 4 aromatic rings. The van der Waals surface area contributed by atoms with Gasteiger partial charge in [-0.25, -0.2) is 4.68 Å². The maximum Gasteiger partial charge on any atom is 0.247 e. The molecule has 0 unspecified atom stereocenters. The molecule has 1 atom stereocenters. The summed E-state index contributed by atoms with van der Waals surface area (Å²) < 4.78 is 17.9. The van der Waals surface area contributed by atoms with Crippen LogP contribution in [0.4, 0.5) is 0 Å². The van der Waals surface area contributed by atoms with Crippen LogP contribution in [0.2, 0.25) is 0 Å². The number of fused-ring (bicyclic) bond motifs is 1. The van der Waals surface area contributed by atoms with Gasteiger partial charge in [0.1, 0.15) is 35.4 Å². The average Bonchev–Trinajstić information content (AvgIpc) is 3.44. The molecule has 0 saturated heterocycles. The standard InChI is InChI=1S/C26H27N5O5/c1-34-18-11-12-20(23(14-18)35-2)25(26(33)27-15-19-6-5-13-36-19)31(17-9-10-17)24(32)16-30-22-8-4-3-7-21(22)28-29-30/h3-8,11-14,17,25H,9-10,15-16H2,1-2H3,(H,27,33)/t25-/m1/s1. The number of carbonyl (C=O) groups excluding carboxylic acids is 2. The Bertz CT molecular complexity index is 1360. The van der Waals surface area contributed by atoms with Crippen LogP contribution in [-0.4, -0.2) is 52.0 Å². The molecule has 1 aliphatic carbocycles. The molecule has 2 aromatic carbocycles. The molecular formula is C26H27N5O5. The summed E-state index contributed by atoms with van der Waals surface area (Å²) in [5, 5.41) is 11.2. The molecular weight excluding hydrogens is 462 g/mol. The number of rotatable bonds is 10. The number of hydrogen-bond donors (Lipinski definition) is 1. The number of nitrogens with zero attached hydrogens (tertiary/aromatic N) is 4. The van der Waals surface area contributed by atoms with E-state index in [4.69, 9.17) is 13.9 Å². The minimum atomic E-state index is -0.921. The third-order valence-electron chi connectivity index (χ3n) is 6.21. The molecule has 0 aliphatic heterocycles. The average molecular weight is 490 g/mol. The smallest absolute Gasteiger partial charge is 0.247 e. The summed E-state index contributed by atoms with van der Waals surface area (Å²) >= 11 is 0. The fourth-order valence-electron chi connectivity index (χ4n) is 4.30. The van der Waals surface area contributed by atoms with Crippen molar-refractivity contribution < 1.29 is 23.5 Å². The fourth-order valence-corrected chi connectivity index (χ4v) is 4.30. The summed E-state index contributed by atoms with van der Waals surface area (Å²) in [5.41, 5.74) is 2.02. The van der Waals surface area contributed by atoms with Gasteiger partial charge in [-0.05, 0) is 49.2 Å². The van der Waals surface area contributed by atoms with E-state index < -0.39 is 6.04 Å². The number of hydrogen-bond acceptors (Lipinski definition) is 7. The van der Waals surface area contributed by atoms with Crippen LogP contribution in [0.1, 0.15) is 30.2 Å². The molecule has 10 heteroatoms. The molecule has 10 nitrogen and oxygen atoms in total. The van der Waals surface area contributed by atoms with Crippen molar-refractivity contribution in [3.8, 4) is 11.5 Å². The van der Waals surface area contributed by atoms with Crippen molar-refractivity contribution in [3.05, 3.63) is 72.2 Å². The van der Waals surface area contributed by atoms with Crippen LogP contribution in [0.3, 0.4) is 0 Å². The summed E-state index contributed by atoms with van der Waals surface area (Å²) in [7, 11) is 3.09. The van der Waals surface area contributed by atoms with Crippen LogP contribution >= 0.6 is 0 Å². The van der Waals surface area contributed by atoms with Crippen molar-refractivity contribution in [1.29, 1.82) is 0 Å². The molecule has 2 heterocycles. The van der Waals surface area contributed by atoms with E-state index in [0.717, 1.165) is 18.4 Å². The number of nitrogens with one attached hydrogen (secondary N) is 1. The Kier molecular flexibility index (Phi) is 6.57. The molecule has 1 aliphatic rings. The van der Waals surface area contributed by atoms with E-state index in [1.807, 2.05) is 24.3 Å². The van der Waals surface area contributed by atoms with Gasteiger partial charge in [-0.15, -0.1) is 5.10 Å². The Hall–Kier alpha value is -4.34.